The molecule has 140 valence electrons. The predicted molar refractivity (Wildman–Crippen MR) is 95.5 cm³/mol. The summed E-state index contributed by atoms with van der Waals surface area (Å²) in [6, 6.07) is 7.00. The quantitative estimate of drug-likeness (QED) is 0.490. The highest BCUT2D eigenvalue weighted by Gasteiger charge is 2.14. The van der Waals surface area contributed by atoms with Gasteiger partial charge in [-0.15, -0.1) is 0 Å². The number of aromatic nitrogens is 2. The Morgan fingerprint density at radius 2 is 2.22 bits per heavy atom. The van der Waals surface area contributed by atoms with E-state index in [9.17, 15) is 14.9 Å². The van der Waals surface area contributed by atoms with Crippen LogP contribution in [0.1, 0.15) is 21.9 Å². The Morgan fingerprint density at radius 1 is 1.41 bits per heavy atom. The lowest BCUT2D eigenvalue weighted by Gasteiger charge is -2.06. The average Bonchev–Trinajstić information content (AvgIpc) is 3.28. The number of non-ortho nitro benzene ring substituents is 1. The standard InChI is InChI=1S/C17H15ClN4O5/c1-21-9-11(8-20-21)7-19-17(23)15-5-3-13(27-15)10-26-16-6-12(22(24)25)2-4-14(16)18/h2-6,8-9H,7,10H2,1H3,(H,19,23). The van der Waals surface area contributed by atoms with E-state index in [1.807, 2.05) is 0 Å². The van der Waals surface area contributed by atoms with Crippen molar-refractivity contribution in [2.45, 2.75) is 13.2 Å². The van der Waals surface area contributed by atoms with E-state index in [2.05, 4.69) is 10.4 Å². The van der Waals surface area contributed by atoms with Gasteiger partial charge in [0.05, 0.1) is 22.2 Å². The van der Waals surface area contributed by atoms with Crippen molar-refractivity contribution in [1.29, 1.82) is 0 Å². The second-order valence-electron chi connectivity index (χ2n) is 5.63. The van der Waals surface area contributed by atoms with E-state index in [4.69, 9.17) is 20.8 Å². The van der Waals surface area contributed by atoms with Gasteiger partial charge in [-0.25, -0.2) is 0 Å². The van der Waals surface area contributed by atoms with Gasteiger partial charge in [-0.1, -0.05) is 11.6 Å². The van der Waals surface area contributed by atoms with Gasteiger partial charge in [0.25, 0.3) is 11.6 Å². The molecule has 0 aliphatic heterocycles. The Kier molecular flexibility index (Phi) is 5.41. The number of carbonyl (C=O) groups excluding carboxylic acids is 1. The zero-order valence-electron chi connectivity index (χ0n) is 14.2. The van der Waals surface area contributed by atoms with E-state index >= 15 is 0 Å². The fourth-order valence-electron chi connectivity index (χ4n) is 2.28. The molecule has 3 rings (SSSR count). The van der Waals surface area contributed by atoms with Gasteiger partial charge in [0.1, 0.15) is 18.1 Å². The zero-order valence-corrected chi connectivity index (χ0v) is 15.0. The molecule has 2 aromatic heterocycles. The van der Waals surface area contributed by atoms with E-state index in [0.29, 0.717) is 12.3 Å². The van der Waals surface area contributed by atoms with E-state index in [1.165, 1.54) is 24.3 Å². The third kappa shape index (κ3) is 4.64. The summed E-state index contributed by atoms with van der Waals surface area (Å²) in [4.78, 5) is 22.4. The Balaban J connectivity index is 1.58. The van der Waals surface area contributed by atoms with Gasteiger partial charge < -0.3 is 14.5 Å². The molecule has 3 aromatic rings. The summed E-state index contributed by atoms with van der Waals surface area (Å²) in [5.74, 6) is 0.287. The van der Waals surface area contributed by atoms with Crippen molar-refractivity contribution in [3.05, 3.63) is 74.9 Å². The highest BCUT2D eigenvalue weighted by atomic mass is 35.5. The largest absolute Gasteiger partial charge is 0.484 e. The van der Waals surface area contributed by atoms with Crippen LogP contribution in [0.2, 0.25) is 5.02 Å². The molecule has 1 amide bonds. The monoisotopic (exact) mass is 390 g/mol. The van der Waals surface area contributed by atoms with Crippen LogP contribution in [0.4, 0.5) is 5.69 Å². The van der Waals surface area contributed by atoms with Crippen molar-refractivity contribution in [1.82, 2.24) is 15.1 Å². The summed E-state index contributed by atoms with van der Waals surface area (Å²) in [7, 11) is 1.79. The Morgan fingerprint density at radius 3 is 2.93 bits per heavy atom. The van der Waals surface area contributed by atoms with E-state index < -0.39 is 4.92 Å². The number of amides is 1. The van der Waals surface area contributed by atoms with Crippen LogP contribution in [0.15, 0.2) is 47.1 Å². The van der Waals surface area contributed by atoms with Gasteiger partial charge in [-0.2, -0.15) is 5.10 Å². The predicted octanol–water partition coefficient (Wildman–Crippen LogP) is 3.08. The number of hydrogen-bond acceptors (Lipinski definition) is 6. The maximum Gasteiger partial charge on any atom is 0.287 e. The number of ether oxygens (including phenoxy) is 1. The number of hydrogen-bond donors (Lipinski definition) is 1. The molecule has 0 saturated carbocycles. The van der Waals surface area contributed by atoms with Crippen molar-refractivity contribution in [2.24, 2.45) is 7.05 Å². The minimum atomic E-state index is -0.541. The fourth-order valence-corrected chi connectivity index (χ4v) is 2.45. The van der Waals surface area contributed by atoms with Crippen molar-refractivity contribution in [2.75, 3.05) is 0 Å². The van der Waals surface area contributed by atoms with Crippen LogP contribution in [0.5, 0.6) is 5.75 Å². The molecule has 0 atom stereocenters. The molecule has 1 aromatic carbocycles. The summed E-state index contributed by atoms with van der Waals surface area (Å²) in [5.41, 5.74) is 0.727. The molecule has 2 heterocycles. The molecule has 0 aliphatic rings. The molecule has 27 heavy (non-hydrogen) atoms. The average molecular weight is 391 g/mol. The maximum absolute atomic E-state index is 12.1. The lowest BCUT2D eigenvalue weighted by atomic mass is 10.3. The Hall–Kier alpha value is -3.33. The molecule has 0 aliphatic carbocycles. The molecule has 0 spiro atoms. The van der Waals surface area contributed by atoms with Gasteiger partial charge in [0, 0.05) is 31.4 Å². The molecule has 0 unspecified atom stereocenters. The molecule has 0 fully saturated rings. The second-order valence-corrected chi connectivity index (χ2v) is 6.04. The molecular weight excluding hydrogens is 376 g/mol. The molecule has 0 bridgehead atoms. The van der Waals surface area contributed by atoms with Crippen molar-refractivity contribution in [3.63, 3.8) is 0 Å². The fraction of sp³-hybridized carbons (Fsp3) is 0.176. The smallest absolute Gasteiger partial charge is 0.287 e. The van der Waals surface area contributed by atoms with Crippen LogP contribution in [0.25, 0.3) is 0 Å². The number of halogens is 1. The van der Waals surface area contributed by atoms with Crippen LogP contribution in [0.3, 0.4) is 0 Å². The number of benzene rings is 1. The number of nitrogens with zero attached hydrogens (tertiary/aromatic N) is 3. The van der Waals surface area contributed by atoms with Crippen molar-refractivity contribution < 1.29 is 18.9 Å². The minimum absolute atomic E-state index is 0.0310. The topological polar surface area (TPSA) is 112 Å². The number of carbonyl (C=O) groups is 1. The first-order valence-corrected chi connectivity index (χ1v) is 8.21. The van der Waals surface area contributed by atoms with Gasteiger partial charge in [0.15, 0.2) is 5.76 Å². The van der Waals surface area contributed by atoms with Crippen LogP contribution in [0, 0.1) is 10.1 Å². The summed E-state index contributed by atoms with van der Waals surface area (Å²) >= 11 is 5.97. The first-order chi connectivity index (χ1) is 12.9. The maximum atomic E-state index is 12.1. The van der Waals surface area contributed by atoms with Gasteiger partial charge in [-0.05, 0) is 18.2 Å². The number of rotatable bonds is 7. The van der Waals surface area contributed by atoms with E-state index in [0.717, 1.165) is 5.56 Å². The third-order valence-electron chi connectivity index (χ3n) is 3.59. The minimum Gasteiger partial charge on any atom is -0.484 e. The summed E-state index contributed by atoms with van der Waals surface area (Å²) < 4.78 is 12.6. The number of nitro benzene ring substituents is 1. The third-order valence-corrected chi connectivity index (χ3v) is 3.90. The van der Waals surface area contributed by atoms with E-state index in [-0.39, 0.29) is 34.7 Å². The molecular formula is C17H15ClN4O5. The number of nitro groups is 1. The first kappa shape index (κ1) is 18.5. The normalized spacial score (nSPS) is 10.6. The van der Waals surface area contributed by atoms with Crippen LogP contribution in [-0.2, 0) is 20.2 Å². The first-order valence-electron chi connectivity index (χ1n) is 7.83. The van der Waals surface area contributed by atoms with Crippen LogP contribution < -0.4 is 10.1 Å². The SMILES string of the molecule is Cn1cc(CNC(=O)c2ccc(COc3cc([N+](=O)[O-])ccc3Cl)o2)cn1. The molecule has 10 heteroatoms. The van der Waals surface area contributed by atoms with Gasteiger partial charge in [-0.3, -0.25) is 19.6 Å². The summed E-state index contributed by atoms with van der Waals surface area (Å²) in [6.07, 6.45) is 3.45. The Labute approximate surface area is 158 Å². The van der Waals surface area contributed by atoms with Crippen LogP contribution in [-0.4, -0.2) is 20.6 Å². The van der Waals surface area contributed by atoms with Crippen LogP contribution >= 0.6 is 11.6 Å². The lowest BCUT2D eigenvalue weighted by Crippen LogP contribution is -2.22. The molecule has 9 nitrogen and oxygen atoms in total. The summed E-state index contributed by atoms with van der Waals surface area (Å²) in [5, 5.41) is 17.8. The van der Waals surface area contributed by atoms with E-state index in [1.54, 1.807) is 30.2 Å². The highest BCUT2D eigenvalue weighted by Crippen LogP contribution is 2.29. The van der Waals surface area contributed by atoms with Crippen molar-refractivity contribution >= 4 is 23.2 Å². The number of furan rings is 1. The Bertz CT molecular complexity index is 981. The molecule has 0 saturated heterocycles. The van der Waals surface area contributed by atoms with Gasteiger partial charge >= 0.3 is 0 Å². The molecule has 0 radical (unpaired) electrons. The molecule has 1 N–H and O–H groups in total. The van der Waals surface area contributed by atoms with Crippen molar-refractivity contribution in [3.8, 4) is 5.75 Å². The zero-order chi connectivity index (χ0) is 19.4. The number of aryl methyl sites for hydroxylation is 1. The number of nitrogens with one attached hydrogen (secondary N) is 1. The lowest BCUT2D eigenvalue weighted by molar-refractivity contribution is -0.384. The highest BCUT2D eigenvalue weighted by molar-refractivity contribution is 6.32. The summed E-state index contributed by atoms with van der Waals surface area (Å²) in [6.45, 7) is 0.291. The van der Waals surface area contributed by atoms with Gasteiger partial charge in [0.2, 0.25) is 0 Å². The second kappa shape index (κ2) is 7.92.